The maximum absolute atomic E-state index is 10.9. The number of carboxylic acids is 1. The molecule has 118 valence electrons. The first kappa shape index (κ1) is 16.0. The van der Waals surface area contributed by atoms with Crippen molar-refractivity contribution < 1.29 is 19.4 Å². The van der Waals surface area contributed by atoms with Crippen molar-refractivity contribution in [1.29, 1.82) is 0 Å². The van der Waals surface area contributed by atoms with E-state index in [2.05, 4.69) is 10.5 Å². The van der Waals surface area contributed by atoms with Gasteiger partial charge in [0.1, 0.15) is 12.4 Å². The van der Waals surface area contributed by atoms with Crippen LogP contribution in [0.4, 0.5) is 4.79 Å². The fourth-order valence-corrected chi connectivity index (χ4v) is 1.78. The highest BCUT2D eigenvalue weighted by atomic mass is 16.5. The van der Waals surface area contributed by atoms with Crippen LogP contribution in [0.1, 0.15) is 21.5 Å². The van der Waals surface area contributed by atoms with Crippen molar-refractivity contribution in [3.8, 4) is 5.75 Å². The van der Waals surface area contributed by atoms with Gasteiger partial charge in [-0.1, -0.05) is 12.1 Å². The highest BCUT2D eigenvalue weighted by molar-refractivity contribution is 5.87. The molecule has 0 spiro atoms. The van der Waals surface area contributed by atoms with Gasteiger partial charge >= 0.3 is 12.0 Å². The number of nitrogens with two attached hydrogens (primary N) is 1. The van der Waals surface area contributed by atoms with E-state index in [1.54, 1.807) is 42.5 Å². The largest absolute Gasteiger partial charge is 0.489 e. The van der Waals surface area contributed by atoms with E-state index >= 15 is 0 Å². The Morgan fingerprint density at radius 2 is 1.96 bits per heavy atom. The number of carboxylic acid groups (broad SMARTS) is 1. The zero-order valence-corrected chi connectivity index (χ0v) is 12.1. The maximum atomic E-state index is 10.9. The van der Waals surface area contributed by atoms with E-state index in [1.807, 2.05) is 0 Å². The number of hydrazone groups is 1. The summed E-state index contributed by atoms with van der Waals surface area (Å²) in [5, 5.41) is 12.6. The average Bonchev–Trinajstić information content (AvgIpc) is 2.54. The number of aromatic carboxylic acids is 1. The summed E-state index contributed by atoms with van der Waals surface area (Å²) in [6.07, 6.45) is 1.45. The van der Waals surface area contributed by atoms with Crippen LogP contribution in [-0.4, -0.2) is 23.3 Å². The smallest absolute Gasteiger partial charge is 0.335 e. The predicted molar refractivity (Wildman–Crippen MR) is 84.5 cm³/mol. The van der Waals surface area contributed by atoms with Crippen LogP contribution in [0.5, 0.6) is 5.75 Å². The summed E-state index contributed by atoms with van der Waals surface area (Å²) >= 11 is 0. The highest BCUT2D eigenvalue weighted by Gasteiger charge is 2.03. The molecule has 0 unspecified atom stereocenters. The number of hydrogen-bond donors (Lipinski definition) is 3. The van der Waals surface area contributed by atoms with E-state index in [1.165, 1.54) is 12.3 Å². The predicted octanol–water partition coefficient (Wildman–Crippen LogP) is 1.97. The van der Waals surface area contributed by atoms with Crippen LogP contribution in [0.25, 0.3) is 0 Å². The molecule has 0 saturated carbocycles. The first-order valence-electron chi connectivity index (χ1n) is 6.68. The topological polar surface area (TPSA) is 114 Å². The van der Waals surface area contributed by atoms with Crippen LogP contribution in [0.2, 0.25) is 0 Å². The Labute approximate surface area is 132 Å². The summed E-state index contributed by atoms with van der Waals surface area (Å²) in [6, 6.07) is 12.8. The van der Waals surface area contributed by atoms with Crippen LogP contribution in [0.15, 0.2) is 53.6 Å². The normalized spacial score (nSPS) is 10.4. The van der Waals surface area contributed by atoms with Crippen molar-refractivity contribution in [3.63, 3.8) is 0 Å². The first-order valence-corrected chi connectivity index (χ1v) is 6.68. The number of rotatable bonds is 6. The number of nitrogens with zero attached hydrogens (tertiary/aromatic N) is 1. The van der Waals surface area contributed by atoms with E-state index in [9.17, 15) is 9.59 Å². The summed E-state index contributed by atoms with van der Waals surface area (Å²) in [6.45, 7) is 0.262. The molecule has 23 heavy (non-hydrogen) atoms. The number of primary amides is 1. The van der Waals surface area contributed by atoms with Gasteiger partial charge in [0.2, 0.25) is 0 Å². The Morgan fingerprint density at radius 1 is 1.22 bits per heavy atom. The highest BCUT2D eigenvalue weighted by Crippen LogP contribution is 2.14. The van der Waals surface area contributed by atoms with Crippen molar-refractivity contribution in [1.82, 2.24) is 5.43 Å². The second kappa shape index (κ2) is 7.60. The number of hydrogen-bond acceptors (Lipinski definition) is 4. The Morgan fingerprint density at radius 3 is 2.61 bits per heavy atom. The zero-order chi connectivity index (χ0) is 16.7. The van der Waals surface area contributed by atoms with Crippen molar-refractivity contribution in [3.05, 3.63) is 65.2 Å². The number of amides is 2. The van der Waals surface area contributed by atoms with Crippen molar-refractivity contribution in [2.75, 3.05) is 0 Å². The molecule has 0 radical (unpaired) electrons. The summed E-state index contributed by atoms with van der Waals surface area (Å²) in [5.74, 6) is -0.342. The summed E-state index contributed by atoms with van der Waals surface area (Å²) in [7, 11) is 0. The molecule has 4 N–H and O–H groups in total. The van der Waals surface area contributed by atoms with Crippen LogP contribution in [0.3, 0.4) is 0 Å². The van der Waals surface area contributed by atoms with Gasteiger partial charge in [0.05, 0.1) is 11.8 Å². The minimum Gasteiger partial charge on any atom is -0.489 e. The van der Waals surface area contributed by atoms with Gasteiger partial charge in [-0.3, -0.25) is 0 Å². The number of carbonyl (C=O) groups excluding carboxylic acids is 1. The standard InChI is InChI=1S/C16H15N3O4/c17-16(22)19-18-9-11-4-6-14(7-5-11)23-10-12-2-1-3-13(8-12)15(20)21/h1-9H,10H2,(H,20,21)(H3,17,19,22). The minimum atomic E-state index is -0.972. The lowest BCUT2D eigenvalue weighted by Crippen LogP contribution is -2.24. The third-order valence-corrected chi connectivity index (χ3v) is 2.85. The SMILES string of the molecule is NC(=O)NN=Cc1ccc(OCc2cccc(C(=O)O)c2)cc1. The van der Waals surface area contributed by atoms with Gasteiger partial charge < -0.3 is 15.6 Å². The molecule has 0 aliphatic carbocycles. The molecule has 2 aromatic rings. The lowest BCUT2D eigenvalue weighted by molar-refractivity contribution is 0.0696. The Bertz CT molecular complexity index is 726. The Kier molecular flexibility index (Phi) is 5.30. The molecule has 0 aliphatic heterocycles. The molecule has 0 aliphatic rings. The van der Waals surface area contributed by atoms with Gasteiger partial charge in [0.25, 0.3) is 0 Å². The first-order chi connectivity index (χ1) is 11.0. The summed E-state index contributed by atoms with van der Waals surface area (Å²) in [4.78, 5) is 21.4. The molecular formula is C16H15N3O4. The Hall–Kier alpha value is -3.35. The van der Waals surface area contributed by atoms with Crippen molar-refractivity contribution in [2.24, 2.45) is 10.8 Å². The molecular weight excluding hydrogens is 298 g/mol. The molecule has 0 bridgehead atoms. The number of carbonyl (C=O) groups is 2. The fraction of sp³-hybridized carbons (Fsp3) is 0.0625. The second-order valence-electron chi connectivity index (χ2n) is 4.60. The molecule has 0 fully saturated rings. The third kappa shape index (κ3) is 5.16. The number of urea groups is 1. The number of ether oxygens (including phenoxy) is 1. The van der Waals surface area contributed by atoms with Gasteiger partial charge in [-0.2, -0.15) is 5.10 Å². The molecule has 2 aromatic carbocycles. The zero-order valence-electron chi connectivity index (χ0n) is 12.1. The molecule has 7 heteroatoms. The molecule has 2 amide bonds. The van der Waals surface area contributed by atoms with Gasteiger partial charge in [-0.25, -0.2) is 15.0 Å². The quantitative estimate of drug-likeness (QED) is 0.558. The van der Waals surface area contributed by atoms with Crippen molar-refractivity contribution >= 4 is 18.2 Å². The number of benzene rings is 2. The van der Waals surface area contributed by atoms with E-state index in [-0.39, 0.29) is 12.2 Å². The fourth-order valence-electron chi connectivity index (χ4n) is 1.78. The van der Waals surface area contributed by atoms with Crippen LogP contribution >= 0.6 is 0 Å². The average molecular weight is 313 g/mol. The van der Waals surface area contributed by atoms with Crippen LogP contribution in [0, 0.1) is 0 Å². The minimum absolute atomic E-state index is 0.222. The Balaban J connectivity index is 1.93. The lowest BCUT2D eigenvalue weighted by atomic mass is 10.1. The number of nitrogens with one attached hydrogen (secondary N) is 1. The molecule has 0 saturated heterocycles. The molecule has 0 heterocycles. The van der Waals surface area contributed by atoms with Crippen molar-refractivity contribution in [2.45, 2.75) is 6.61 Å². The van der Waals surface area contributed by atoms with E-state index in [4.69, 9.17) is 15.6 Å². The second-order valence-corrected chi connectivity index (χ2v) is 4.60. The van der Waals surface area contributed by atoms with E-state index in [0.29, 0.717) is 5.75 Å². The maximum Gasteiger partial charge on any atom is 0.335 e. The van der Waals surface area contributed by atoms with E-state index in [0.717, 1.165) is 11.1 Å². The molecule has 0 aromatic heterocycles. The molecule has 2 rings (SSSR count). The van der Waals surface area contributed by atoms with Crippen LogP contribution in [-0.2, 0) is 6.61 Å². The molecule has 0 atom stereocenters. The van der Waals surface area contributed by atoms with Gasteiger partial charge in [-0.15, -0.1) is 0 Å². The summed E-state index contributed by atoms with van der Waals surface area (Å²) < 4.78 is 5.60. The van der Waals surface area contributed by atoms with E-state index < -0.39 is 12.0 Å². The summed E-state index contributed by atoms with van der Waals surface area (Å²) in [5.41, 5.74) is 8.73. The van der Waals surface area contributed by atoms with Gasteiger partial charge in [0.15, 0.2) is 0 Å². The monoisotopic (exact) mass is 313 g/mol. The lowest BCUT2D eigenvalue weighted by Gasteiger charge is -2.07. The van der Waals surface area contributed by atoms with Gasteiger partial charge in [-0.05, 0) is 47.5 Å². The van der Waals surface area contributed by atoms with Gasteiger partial charge in [0, 0.05) is 0 Å². The van der Waals surface area contributed by atoms with Crippen LogP contribution < -0.4 is 15.9 Å². The molecule has 7 nitrogen and oxygen atoms in total. The third-order valence-electron chi connectivity index (χ3n) is 2.85.